The number of hydrogen-bond donors (Lipinski definition) is 1. The number of aliphatic carboxylic acids is 1. The Morgan fingerprint density at radius 3 is 2.54 bits per heavy atom. The van der Waals surface area contributed by atoms with E-state index in [1.165, 1.54) is 56.1 Å². The number of aryl methyl sites for hydroxylation is 1. The number of likely N-dealkylation sites (tertiary alicyclic amines) is 2. The number of aromatic nitrogens is 2. The molecule has 6 rings (SSSR count). The largest absolute Gasteiger partial charge is 0.480 e. The number of fused-ring (bicyclic) bond motifs is 1. The number of piperidine rings is 1. The second-order valence-electron chi connectivity index (χ2n) is 12.3. The van der Waals surface area contributed by atoms with E-state index in [-0.39, 0.29) is 6.04 Å². The SMILES string of the molecule is O=C(O)C(CC1CCC1)N1CC(CN2CCC(CCCc3cccc4nonc34)CC2)C(c2ccccc2)C1. The van der Waals surface area contributed by atoms with E-state index in [2.05, 4.69) is 56.5 Å². The van der Waals surface area contributed by atoms with Gasteiger partial charge in [0.05, 0.1) is 0 Å². The lowest BCUT2D eigenvalue weighted by Crippen LogP contribution is -2.43. The summed E-state index contributed by atoms with van der Waals surface area (Å²) in [6, 6.07) is 16.6. The standard InChI is InChI=1S/C32H42N4O3/c37-32(38)30(19-24-8-4-9-24)36-21-27(28(22-36)25-10-2-1-3-11-25)20-35-17-15-23(16-18-35)7-5-12-26-13-6-14-29-31(26)34-39-33-29/h1-3,6,10-11,13-14,23-24,27-28,30H,4-5,7-9,12,15-22H2,(H,37,38). The number of benzene rings is 2. The van der Waals surface area contributed by atoms with Gasteiger partial charge in [0, 0.05) is 25.6 Å². The van der Waals surface area contributed by atoms with E-state index in [0.717, 1.165) is 62.5 Å². The lowest BCUT2D eigenvalue weighted by Gasteiger charge is -2.35. The van der Waals surface area contributed by atoms with Crippen molar-refractivity contribution in [3.8, 4) is 0 Å². The fourth-order valence-electron chi connectivity index (χ4n) is 7.31. The summed E-state index contributed by atoms with van der Waals surface area (Å²) in [5, 5.41) is 18.2. The summed E-state index contributed by atoms with van der Waals surface area (Å²) < 4.78 is 4.92. The summed E-state index contributed by atoms with van der Waals surface area (Å²) in [5.74, 6) is 1.62. The van der Waals surface area contributed by atoms with Crippen molar-refractivity contribution in [3.05, 3.63) is 59.7 Å². The second kappa shape index (κ2) is 12.2. The molecule has 7 nitrogen and oxygen atoms in total. The zero-order valence-electron chi connectivity index (χ0n) is 23.0. The predicted molar refractivity (Wildman–Crippen MR) is 152 cm³/mol. The molecule has 3 aromatic rings. The van der Waals surface area contributed by atoms with E-state index in [4.69, 9.17) is 4.63 Å². The van der Waals surface area contributed by atoms with Crippen LogP contribution in [0.4, 0.5) is 0 Å². The first-order valence-electron chi connectivity index (χ1n) is 15.1. The van der Waals surface area contributed by atoms with Crippen molar-refractivity contribution in [1.29, 1.82) is 0 Å². The molecule has 0 bridgehead atoms. The van der Waals surface area contributed by atoms with Crippen molar-refractivity contribution < 1.29 is 14.5 Å². The molecule has 3 fully saturated rings. The van der Waals surface area contributed by atoms with Crippen molar-refractivity contribution >= 4 is 17.0 Å². The van der Waals surface area contributed by atoms with Gasteiger partial charge in [0.1, 0.15) is 17.1 Å². The van der Waals surface area contributed by atoms with Crippen LogP contribution >= 0.6 is 0 Å². The summed E-state index contributed by atoms with van der Waals surface area (Å²) >= 11 is 0. The summed E-state index contributed by atoms with van der Waals surface area (Å²) in [6.45, 7) is 5.12. The quantitative estimate of drug-likeness (QED) is 0.345. The van der Waals surface area contributed by atoms with Gasteiger partial charge in [-0.3, -0.25) is 9.69 Å². The Hall–Kier alpha value is -2.77. The van der Waals surface area contributed by atoms with Crippen LogP contribution in [0.3, 0.4) is 0 Å². The molecule has 208 valence electrons. The average molecular weight is 531 g/mol. The fraction of sp³-hybridized carbons (Fsp3) is 0.594. The monoisotopic (exact) mass is 530 g/mol. The van der Waals surface area contributed by atoms with E-state index in [9.17, 15) is 9.90 Å². The van der Waals surface area contributed by atoms with Crippen molar-refractivity contribution in [2.24, 2.45) is 17.8 Å². The Morgan fingerprint density at radius 1 is 0.974 bits per heavy atom. The van der Waals surface area contributed by atoms with E-state index in [0.29, 0.717) is 17.8 Å². The molecule has 7 heteroatoms. The summed E-state index contributed by atoms with van der Waals surface area (Å²) in [7, 11) is 0. The minimum absolute atomic E-state index is 0.337. The van der Waals surface area contributed by atoms with Crippen LogP contribution in [-0.4, -0.2) is 70.0 Å². The van der Waals surface area contributed by atoms with Gasteiger partial charge in [0.15, 0.2) is 0 Å². The molecule has 1 aliphatic carbocycles. The third-order valence-corrected chi connectivity index (χ3v) is 9.83. The molecule has 3 atom stereocenters. The van der Waals surface area contributed by atoms with Gasteiger partial charge >= 0.3 is 5.97 Å². The molecule has 3 unspecified atom stereocenters. The third-order valence-electron chi connectivity index (χ3n) is 9.83. The first kappa shape index (κ1) is 26.5. The zero-order chi connectivity index (χ0) is 26.6. The average Bonchev–Trinajstić information content (AvgIpc) is 3.57. The van der Waals surface area contributed by atoms with E-state index in [1.807, 2.05) is 12.1 Å². The Morgan fingerprint density at radius 2 is 1.79 bits per heavy atom. The maximum atomic E-state index is 12.3. The highest BCUT2D eigenvalue weighted by molar-refractivity contribution is 5.76. The van der Waals surface area contributed by atoms with Crippen molar-refractivity contribution in [2.45, 2.75) is 69.7 Å². The molecule has 39 heavy (non-hydrogen) atoms. The maximum absolute atomic E-state index is 12.3. The minimum Gasteiger partial charge on any atom is -0.480 e. The van der Waals surface area contributed by atoms with E-state index in [1.54, 1.807) is 0 Å². The van der Waals surface area contributed by atoms with Gasteiger partial charge in [-0.15, -0.1) is 0 Å². The summed E-state index contributed by atoms with van der Waals surface area (Å²) in [5.41, 5.74) is 4.35. The van der Waals surface area contributed by atoms with Crippen molar-refractivity contribution in [1.82, 2.24) is 20.1 Å². The summed E-state index contributed by atoms with van der Waals surface area (Å²) in [4.78, 5) is 17.3. The van der Waals surface area contributed by atoms with Gasteiger partial charge < -0.3 is 10.0 Å². The fourth-order valence-corrected chi connectivity index (χ4v) is 7.31. The molecular weight excluding hydrogens is 488 g/mol. The smallest absolute Gasteiger partial charge is 0.320 e. The van der Waals surface area contributed by atoms with Gasteiger partial charge in [-0.2, -0.15) is 0 Å². The van der Waals surface area contributed by atoms with Gasteiger partial charge in [0.2, 0.25) is 0 Å². The number of rotatable bonds is 11. The Labute approximate surface area is 231 Å². The highest BCUT2D eigenvalue weighted by Crippen LogP contribution is 2.38. The molecule has 0 spiro atoms. The van der Waals surface area contributed by atoms with Crippen LogP contribution < -0.4 is 0 Å². The lowest BCUT2D eigenvalue weighted by atomic mass is 9.80. The van der Waals surface area contributed by atoms with E-state index >= 15 is 0 Å². The molecule has 2 aromatic carbocycles. The Bertz CT molecular complexity index is 1220. The Balaban J connectivity index is 1.03. The molecule has 1 saturated carbocycles. The molecule has 1 aromatic heterocycles. The normalized spacial score (nSPS) is 24.2. The molecule has 1 N–H and O–H groups in total. The number of carboxylic acid groups (broad SMARTS) is 1. The highest BCUT2D eigenvalue weighted by atomic mass is 16.6. The number of carboxylic acids is 1. The van der Waals surface area contributed by atoms with Gasteiger partial charge in [-0.25, -0.2) is 4.63 Å². The van der Waals surface area contributed by atoms with Crippen LogP contribution in [0, 0.1) is 17.8 Å². The van der Waals surface area contributed by atoms with Crippen LogP contribution in [0.25, 0.3) is 11.0 Å². The third kappa shape index (κ3) is 6.20. The molecule has 3 aliphatic rings. The predicted octanol–water partition coefficient (Wildman–Crippen LogP) is 5.62. The first-order valence-corrected chi connectivity index (χ1v) is 15.1. The van der Waals surface area contributed by atoms with E-state index < -0.39 is 5.97 Å². The molecule has 0 amide bonds. The highest BCUT2D eigenvalue weighted by Gasteiger charge is 2.41. The van der Waals surface area contributed by atoms with Gasteiger partial charge in [0.25, 0.3) is 0 Å². The topological polar surface area (TPSA) is 82.7 Å². The molecular formula is C32H42N4O3. The van der Waals surface area contributed by atoms with Gasteiger partial charge in [-0.05, 0) is 90.5 Å². The van der Waals surface area contributed by atoms with Crippen LogP contribution in [0.1, 0.15) is 68.4 Å². The molecule has 0 radical (unpaired) electrons. The summed E-state index contributed by atoms with van der Waals surface area (Å²) in [6.07, 6.45) is 10.4. The minimum atomic E-state index is -0.633. The van der Waals surface area contributed by atoms with Crippen molar-refractivity contribution in [3.63, 3.8) is 0 Å². The lowest BCUT2D eigenvalue weighted by molar-refractivity contribution is -0.144. The number of hydrogen-bond acceptors (Lipinski definition) is 6. The maximum Gasteiger partial charge on any atom is 0.320 e. The Kier molecular flexibility index (Phi) is 8.26. The molecule has 2 aliphatic heterocycles. The van der Waals surface area contributed by atoms with Crippen molar-refractivity contribution in [2.75, 3.05) is 32.7 Å². The van der Waals surface area contributed by atoms with Gasteiger partial charge in [-0.1, -0.05) is 68.1 Å². The zero-order valence-corrected chi connectivity index (χ0v) is 23.0. The molecule has 2 saturated heterocycles. The number of nitrogens with zero attached hydrogens (tertiary/aromatic N) is 4. The molecule has 3 heterocycles. The first-order chi connectivity index (χ1) is 19.1. The van der Waals surface area contributed by atoms with Crippen LogP contribution in [0.5, 0.6) is 0 Å². The van der Waals surface area contributed by atoms with Crippen LogP contribution in [-0.2, 0) is 11.2 Å². The second-order valence-corrected chi connectivity index (χ2v) is 12.3. The van der Waals surface area contributed by atoms with Crippen LogP contribution in [0.15, 0.2) is 53.2 Å². The van der Waals surface area contributed by atoms with Crippen LogP contribution in [0.2, 0.25) is 0 Å². The number of carbonyl (C=O) groups is 1.